The summed E-state index contributed by atoms with van der Waals surface area (Å²) in [5.41, 5.74) is 0.846. The lowest BCUT2D eigenvalue weighted by Gasteiger charge is -2.15. The van der Waals surface area contributed by atoms with E-state index in [-0.39, 0.29) is 17.5 Å². The summed E-state index contributed by atoms with van der Waals surface area (Å²) in [6.45, 7) is 1.24. The van der Waals surface area contributed by atoms with Crippen LogP contribution in [0.3, 0.4) is 0 Å². The molecule has 0 aliphatic rings. The molecule has 8 heteroatoms. The standard InChI is InChI=1S/C12H14BrFN2O4/c1-6-4-8(14)7(13)5-10(6)16-12(20)15-9(2-3-17)11(18)19/h4-5,9,17H,2-3H2,1H3,(H,18,19)(H2,15,16,20). The van der Waals surface area contributed by atoms with Crippen LogP contribution in [0.1, 0.15) is 12.0 Å². The number of hydrogen-bond acceptors (Lipinski definition) is 3. The van der Waals surface area contributed by atoms with Crippen LogP contribution in [0.15, 0.2) is 16.6 Å². The Labute approximate surface area is 123 Å². The van der Waals surface area contributed by atoms with Gasteiger partial charge in [-0.3, -0.25) is 0 Å². The third kappa shape index (κ3) is 4.46. The number of anilines is 1. The molecule has 6 nitrogen and oxygen atoms in total. The maximum Gasteiger partial charge on any atom is 0.326 e. The monoisotopic (exact) mass is 348 g/mol. The number of aryl methyl sites for hydroxylation is 1. The highest BCUT2D eigenvalue weighted by molar-refractivity contribution is 9.10. The molecular weight excluding hydrogens is 335 g/mol. The number of carboxylic acids is 1. The Morgan fingerprint density at radius 3 is 2.65 bits per heavy atom. The number of aliphatic carboxylic acids is 1. The summed E-state index contributed by atoms with van der Waals surface area (Å²) in [6, 6.07) is 0.686. The highest BCUT2D eigenvalue weighted by atomic mass is 79.9. The summed E-state index contributed by atoms with van der Waals surface area (Å²) in [6.07, 6.45) is -0.102. The predicted octanol–water partition coefficient (Wildman–Crippen LogP) is 1.85. The van der Waals surface area contributed by atoms with E-state index in [4.69, 9.17) is 10.2 Å². The number of benzene rings is 1. The fourth-order valence-corrected chi connectivity index (χ4v) is 1.83. The van der Waals surface area contributed by atoms with Crippen molar-refractivity contribution in [2.75, 3.05) is 11.9 Å². The second kappa shape index (κ2) is 7.20. The molecular formula is C12H14BrFN2O4. The van der Waals surface area contributed by atoms with Gasteiger partial charge < -0.3 is 20.8 Å². The molecule has 1 unspecified atom stereocenters. The number of carbonyl (C=O) groups excluding carboxylic acids is 1. The van der Waals surface area contributed by atoms with E-state index in [2.05, 4.69) is 26.6 Å². The maximum atomic E-state index is 13.2. The van der Waals surface area contributed by atoms with Crippen molar-refractivity contribution in [1.82, 2.24) is 5.32 Å². The summed E-state index contributed by atoms with van der Waals surface area (Å²) in [4.78, 5) is 22.5. The molecule has 0 heterocycles. The molecule has 0 aromatic heterocycles. The van der Waals surface area contributed by atoms with E-state index < -0.39 is 23.9 Å². The van der Waals surface area contributed by atoms with Crippen molar-refractivity contribution in [3.8, 4) is 0 Å². The van der Waals surface area contributed by atoms with Crippen LogP contribution in [0.2, 0.25) is 0 Å². The molecule has 110 valence electrons. The molecule has 0 spiro atoms. The molecule has 1 aromatic carbocycles. The number of urea groups is 1. The number of carboxylic acid groups (broad SMARTS) is 1. The molecule has 0 saturated heterocycles. The van der Waals surface area contributed by atoms with Gasteiger partial charge in [-0.15, -0.1) is 0 Å². The van der Waals surface area contributed by atoms with Crippen molar-refractivity contribution in [1.29, 1.82) is 0 Å². The van der Waals surface area contributed by atoms with Crippen molar-refractivity contribution < 1.29 is 24.2 Å². The van der Waals surface area contributed by atoms with Gasteiger partial charge in [0.2, 0.25) is 0 Å². The first-order valence-electron chi connectivity index (χ1n) is 5.72. The zero-order chi connectivity index (χ0) is 15.3. The molecule has 1 rings (SSSR count). The average molecular weight is 349 g/mol. The van der Waals surface area contributed by atoms with Gasteiger partial charge in [0, 0.05) is 18.7 Å². The molecule has 0 saturated carbocycles. The van der Waals surface area contributed by atoms with E-state index in [9.17, 15) is 14.0 Å². The summed E-state index contributed by atoms with van der Waals surface area (Å²) < 4.78 is 13.4. The zero-order valence-corrected chi connectivity index (χ0v) is 12.2. The fourth-order valence-electron chi connectivity index (χ4n) is 1.48. The minimum Gasteiger partial charge on any atom is -0.480 e. The van der Waals surface area contributed by atoms with E-state index in [1.807, 2.05) is 0 Å². The van der Waals surface area contributed by atoms with Gasteiger partial charge in [-0.2, -0.15) is 0 Å². The first kappa shape index (κ1) is 16.4. The molecule has 4 N–H and O–H groups in total. The zero-order valence-electron chi connectivity index (χ0n) is 10.6. The Balaban J connectivity index is 2.75. The Hall–Kier alpha value is -1.67. The number of rotatable bonds is 5. The summed E-state index contributed by atoms with van der Waals surface area (Å²) in [5.74, 6) is -1.71. The van der Waals surface area contributed by atoms with Gasteiger partial charge in [-0.25, -0.2) is 14.0 Å². The van der Waals surface area contributed by atoms with Crippen molar-refractivity contribution in [2.24, 2.45) is 0 Å². The number of halogens is 2. The number of hydrogen-bond donors (Lipinski definition) is 4. The molecule has 1 aromatic rings. The Bertz CT molecular complexity index is 524. The van der Waals surface area contributed by atoms with Crippen LogP contribution >= 0.6 is 15.9 Å². The van der Waals surface area contributed by atoms with Gasteiger partial charge in [0.1, 0.15) is 11.9 Å². The molecule has 2 amide bonds. The predicted molar refractivity (Wildman–Crippen MR) is 74.1 cm³/mol. The largest absolute Gasteiger partial charge is 0.480 e. The van der Waals surface area contributed by atoms with Gasteiger partial charge in [0.25, 0.3) is 0 Å². The lowest BCUT2D eigenvalue weighted by atomic mass is 10.2. The Morgan fingerprint density at radius 2 is 2.10 bits per heavy atom. The lowest BCUT2D eigenvalue weighted by Crippen LogP contribution is -2.43. The van der Waals surface area contributed by atoms with E-state index in [1.54, 1.807) is 6.92 Å². The van der Waals surface area contributed by atoms with Gasteiger partial charge in [-0.05, 0) is 40.5 Å². The topological polar surface area (TPSA) is 98.7 Å². The molecule has 20 heavy (non-hydrogen) atoms. The van der Waals surface area contributed by atoms with Gasteiger partial charge >= 0.3 is 12.0 Å². The van der Waals surface area contributed by atoms with E-state index in [1.165, 1.54) is 12.1 Å². The molecule has 1 atom stereocenters. The molecule has 0 fully saturated rings. The van der Waals surface area contributed by atoms with Crippen molar-refractivity contribution >= 4 is 33.6 Å². The van der Waals surface area contributed by atoms with Crippen LogP contribution in [-0.4, -0.2) is 34.9 Å². The number of aliphatic hydroxyl groups excluding tert-OH is 1. The van der Waals surface area contributed by atoms with Crippen LogP contribution < -0.4 is 10.6 Å². The molecule has 0 bridgehead atoms. The second-order valence-corrected chi connectivity index (χ2v) is 4.94. The molecule has 0 radical (unpaired) electrons. The van der Waals surface area contributed by atoms with E-state index in [0.717, 1.165) is 0 Å². The number of aliphatic hydroxyl groups is 1. The van der Waals surface area contributed by atoms with Crippen molar-refractivity contribution in [3.63, 3.8) is 0 Å². The third-order valence-electron chi connectivity index (χ3n) is 2.54. The number of carbonyl (C=O) groups is 2. The Morgan fingerprint density at radius 1 is 1.45 bits per heavy atom. The molecule has 0 aliphatic carbocycles. The van der Waals surface area contributed by atoms with Crippen LogP contribution in [0, 0.1) is 12.7 Å². The smallest absolute Gasteiger partial charge is 0.326 e. The van der Waals surface area contributed by atoms with Crippen LogP contribution in [0.5, 0.6) is 0 Å². The van der Waals surface area contributed by atoms with E-state index >= 15 is 0 Å². The SMILES string of the molecule is Cc1cc(F)c(Br)cc1NC(=O)NC(CCO)C(=O)O. The number of nitrogens with one attached hydrogen (secondary N) is 2. The minimum atomic E-state index is -1.24. The second-order valence-electron chi connectivity index (χ2n) is 4.08. The Kier molecular flexibility index (Phi) is 5.90. The van der Waals surface area contributed by atoms with Crippen molar-refractivity contribution in [2.45, 2.75) is 19.4 Å². The highest BCUT2D eigenvalue weighted by Crippen LogP contribution is 2.24. The first-order valence-corrected chi connectivity index (χ1v) is 6.51. The normalized spacial score (nSPS) is 11.8. The quantitative estimate of drug-likeness (QED) is 0.652. The molecule has 0 aliphatic heterocycles. The minimum absolute atomic E-state index is 0.102. The van der Waals surface area contributed by atoms with Gasteiger partial charge in [0.05, 0.1) is 4.47 Å². The fraction of sp³-hybridized carbons (Fsp3) is 0.333. The third-order valence-corrected chi connectivity index (χ3v) is 3.14. The summed E-state index contributed by atoms with van der Waals surface area (Å²) in [5, 5.41) is 22.2. The van der Waals surface area contributed by atoms with Gasteiger partial charge in [0.15, 0.2) is 0 Å². The van der Waals surface area contributed by atoms with Crippen molar-refractivity contribution in [3.05, 3.63) is 28.0 Å². The maximum absolute atomic E-state index is 13.2. The number of amides is 2. The summed E-state index contributed by atoms with van der Waals surface area (Å²) >= 11 is 3.00. The van der Waals surface area contributed by atoms with Gasteiger partial charge in [-0.1, -0.05) is 0 Å². The first-order chi connectivity index (χ1) is 9.35. The lowest BCUT2D eigenvalue weighted by molar-refractivity contribution is -0.139. The highest BCUT2D eigenvalue weighted by Gasteiger charge is 2.19. The van der Waals surface area contributed by atoms with Crippen LogP contribution in [0.4, 0.5) is 14.9 Å². The van der Waals surface area contributed by atoms with Crippen LogP contribution in [0.25, 0.3) is 0 Å². The average Bonchev–Trinajstić information content (AvgIpc) is 2.35. The van der Waals surface area contributed by atoms with E-state index in [0.29, 0.717) is 11.3 Å². The summed E-state index contributed by atoms with van der Waals surface area (Å²) in [7, 11) is 0. The van der Waals surface area contributed by atoms with Crippen LogP contribution in [-0.2, 0) is 4.79 Å².